The number of hydrogen-bond acceptors (Lipinski definition) is 4. The van der Waals surface area contributed by atoms with Crippen LogP contribution in [0.3, 0.4) is 0 Å². The zero-order chi connectivity index (χ0) is 16.3. The molecular formula is C10H10F5NO3S2. The van der Waals surface area contributed by atoms with Crippen LogP contribution in [-0.2, 0) is 16.6 Å². The molecule has 0 aliphatic carbocycles. The summed E-state index contributed by atoms with van der Waals surface area (Å²) in [5.41, 5.74) is -4.70. The van der Waals surface area contributed by atoms with Crippen LogP contribution >= 0.6 is 11.8 Å². The maximum Gasteiger partial charge on any atom is 0.441 e. The maximum atomic E-state index is 13.5. The van der Waals surface area contributed by atoms with E-state index in [0.717, 1.165) is 0 Å². The number of aliphatic hydroxyl groups excluding tert-OH is 1. The van der Waals surface area contributed by atoms with E-state index in [1.165, 1.54) is 0 Å². The Morgan fingerprint density at radius 2 is 1.86 bits per heavy atom. The molecule has 4 nitrogen and oxygen atoms in total. The van der Waals surface area contributed by atoms with Crippen molar-refractivity contribution in [3.05, 3.63) is 29.3 Å². The van der Waals surface area contributed by atoms with Crippen LogP contribution in [0.4, 0.5) is 22.0 Å². The van der Waals surface area contributed by atoms with Gasteiger partial charge in [-0.1, -0.05) is 0 Å². The van der Waals surface area contributed by atoms with Gasteiger partial charge in [0.1, 0.15) is 4.90 Å². The van der Waals surface area contributed by atoms with E-state index < -0.39 is 62.7 Å². The molecule has 0 saturated heterocycles. The number of aliphatic hydroxyl groups is 1. The molecule has 0 aromatic heterocycles. The Balaban J connectivity index is 2.86. The second-order valence-electron chi connectivity index (χ2n) is 3.74. The summed E-state index contributed by atoms with van der Waals surface area (Å²) in [5.74, 6) is -3.76. The van der Waals surface area contributed by atoms with E-state index in [-0.39, 0.29) is 5.56 Å². The van der Waals surface area contributed by atoms with E-state index in [1.807, 2.05) is 0 Å². The number of benzene rings is 1. The highest BCUT2D eigenvalue weighted by molar-refractivity contribution is 8.00. The van der Waals surface area contributed by atoms with Gasteiger partial charge >= 0.3 is 5.51 Å². The molecule has 0 fully saturated rings. The molecule has 1 aromatic rings. The number of thioether (sulfide) groups is 1. The number of nitrogens with one attached hydrogen (secondary N) is 1. The lowest BCUT2D eigenvalue weighted by atomic mass is 10.2. The summed E-state index contributed by atoms with van der Waals surface area (Å²) in [6.45, 7) is -1.33. The average Bonchev–Trinajstić information content (AvgIpc) is 2.36. The van der Waals surface area contributed by atoms with Gasteiger partial charge in [-0.05, 0) is 29.5 Å². The van der Waals surface area contributed by atoms with Gasteiger partial charge in [0.2, 0.25) is 10.0 Å². The van der Waals surface area contributed by atoms with Crippen LogP contribution < -0.4 is 4.72 Å². The van der Waals surface area contributed by atoms with Crippen molar-refractivity contribution in [1.82, 2.24) is 4.72 Å². The minimum absolute atomic E-state index is 0.182. The highest BCUT2D eigenvalue weighted by Crippen LogP contribution is 2.29. The highest BCUT2D eigenvalue weighted by atomic mass is 32.2. The molecule has 21 heavy (non-hydrogen) atoms. The Kier molecular flexibility index (Phi) is 5.96. The van der Waals surface area contributed by atoms with Gasteiger partial charge in [-0.15, -0.1) is 0 Å². The molecule has 0 amide bonds. The van der Waals surface area contributed by atoms with Gasteiger partial charge in [-0.2, -0.15) is 13.2 Å². The third-order valence-corrected chi connectivity index (χ3v) is 4.38. The summed E-state index contributed by atoms with van der Waals surface area (Å²) in [6.07, 6.45) is 0. The zero-order valence-electron chi connectivity index (χ0n) is 10.2. The molecule has 0 bridgehead atoms. The summed E-state index contributed by atoms with van der Waals surface area (Å²) in [4.78, 5) is -1.07. The summed E-state index contributed by atoms with van der Waals surface area (Å²) < 4.78 is 87.4. The van der Waals surface area contributed by atoms with Crippen molar-refractivity contribution >= 4 is 21.8 Å². The molecule has 0 radical (unpaired) electrons. The van der Waals surface area contributed by atoms with Crippen molar-refractivity contribution in [2.75, 3.05) is 12.3 Å². The molecule has 0 unspecified atom stereocenters. The first-order chi connectivity index (χ1) is 9.57. The zero-order valence-corrected chi connectivity index (χ0v) is 11.9. The summed E-state index contributed by atoms with van der Waals surface area (Å²) >= 11 is -0.450. The van der Waals surface area contributed by atoms with Gasteiger partial charge in [0.15, 0.2) is 11.6 Å². The third-order valence-electron chi connectivity index (χ3n) is 2.19. The van der Waals surface area contributed by atoms with Crippen molar-refractivity contribution in [2.45, 2.75) is 17.0 Å². The minimum atomic E-state index is -4.52. The van der Waals surface area contributed by atoms with Crippen LogP contribution in [0, 0.1) is 11.6 Å². The Morgan fingerprint density at radius 1 is 1.24 bits per heavy atom. The fourth-order valence-electron chi connectivity index (χ4n) is 1.32. The normalized spacial score (nSPS) is 12.7. The van der Waals surface area contributed by atoms with E-state index in [9.17, 15) is 30.4 Å². The molecule has 0 atom stereocenters. The number of alkyl halides is 3. The van der Waals surface area contributed by atoms with Gasteiger partial charge in [0, 0.05) is 12.3 Å². The van der Waals surface area contributed by atoms with Crippen LogP contribution in [0.5, 0.6) is 0 Å². The minimum Gasteiger partial charge on any atom is -0.392 e. The van der Waals surface area contributed by atoms with Crippen molar-refractivity contribution in [3.8, 4) is 0 Å². The second-order valence-corrected chi connectivity index (χ2v) is 6.64. The van der Waals surface area contributed by atoms with E-state index in [1.54, 1.807) is 4.72 Å². The lowest BCUT2D eigenvalue weighted by Gasteiger charge is -2.10. The number of rotatable bonds is 6. The molecule has 0 aliphatic rings. The number of hydrogen-bond donors (Lipinski definition) is 2. The molecule has 1 aromatic carbocycles. The first kappa shape index (κ1) is 18.1. The molecule has 2 N–H and O–H groups in total. The Hall–Kier alpha value is -0.910. The number of halogens is 5. The van der Waals surface area contributed by atoms with Crippen LogP contribution in [0.15, 0.2) is 17.0 Å². The first-order valence-corrected chi connectivity index (χ1v) is 7.83. The quantitative estimate of drug-likeness (QED) is 0.608. The highest BCUT2D eigenvalue weighted by Gasteiger charge is 2.28. The van der Waals surface area contributed by atoms with Crippen molar-refractivity contribution in [2.24, 2.45) is 0 Å². The molecule has 120 valence electrons. The summed E-state index contributed by atoms with van der Waals surface area (Å²) in [6, 6.07) is 1.32. The largest absolute Gasteiger partial charge is 0.441 e. The number of sulfonamides is 1. The lowest BCUT2D eigenvalue weighted by molar-refractivity contribution is -0.0327. The molecular weight excluding hydrogens is 341 g/mol. The monoisotopic (exact) mass is 351 g/mol. The fourth-order valence-corrected chi connectivity index (χ4v) is 3.06. The second kappa shape index (κ2) is 6.90. The van der Waals surface area contributed by atoms with Crippen LogP contribution in [-0.4, -0.2) is 31.3 Å². The summed E-state index contributed by atoms with van der Waals surface area (Å²) in [7, 11) is -4.52. The van der Waals surface area contributed by atoms with Crippen LogP contribution in [0.25, 0.3) is 0 Å². The van der Waals surface area contributed by atoms with Gasteiger partial charge < -0.3 is 5.11 Å². The van der Waals surface area contributed by atoms with Crippen molar-refractivity contribution < 1.29 is 35.5 Å². The fraction of sp³-hybridized carbons (Fsp3) is 0.400. The van der Waals surface area contributed by atoms with Crippen LogP contribution in [0.2, 0.25) is 0 Å². The van der Waals surface area contributed by atoms with Crippen LogP contribution in [0.1, 0.15) is 5.56 Å². The van der Waals surface area contributed by atoms with E-state index in [4.69, 9.17) is 5.11 Å². The lowest BCUT2D eigenvalue weighted by Crippen LogP contribution is -2.28. The smallest absolute Gasteiger partial charge is 0.392 e. The molecule has 1 rings (SSSR count). The first-order valence-electron chi connectivity index (χ1n) is 5.36. The predicted molar refractivity (Wildman–Crippen MR) is 66.0 cm³/mol. The van der Waals surface area contributed by atoms with E-state index in [0.29, 0.717) is 12.1 Å². The van der Waals surface area contributed by atoms with Gasteiger partial charge in [-0.3, -0.25) is 0 Å². The SMILES string of the molecule is O=S(=O)(NCCSC(F)(F)F)c1cc(CO)cc(F)c1F. The van der Waals surface area contributed by atoms with E-state index in [2.05, 4.69) is 0 Å². The van der Waals surface area contributed by atoms with Crippen molar-refractivity contribution in [3.63, 3.8) is 0 Å². The standard InChI is InChI=1S/C10H10F5NO3S2/c11-7-3-6(5-17)4-8(9(7)12)21(18,19)16-1-2-20-10(13,14)15/h3-4,16-17H,1-2,5H2. The molecule has 0 saturated carbocycles. The van der Waals surface area contributed by atoms with E-state index >= 15 is 0 Å². The van der Waals surface area contributed by atoms with Gasteiger partial charge in [-0.25, -0.2) is 21.9 Å². The molecule has 11 heteroatoms. The molecule has 0 heterocycles. The third kappa shape index (κ3) is 5.41. The summed E-state index contributed by atoms with van der Waals surface area (Å²) in [5, 5.41) is 8.81. The average molecular weight is 351 g/mol. The maximum absolute atomic E-state index is 13.5. The Morgan fingerprint density at radius 3 is 2.38 bits per heavy atom. The van der Waals surface area contributed by atoms with Gasteiger partial charge in [0.05, 0.1) is 6.61 Å². The molecule has 0 aliphatic heterocycles. The van der Waals surface area contributed by atoms with Crippen molar-refractivity contribution in [1.29, 1.82) is 0 Å². The molecule has 0 spiro atoms. The predicted octanol–water partition coefficient (Wildman–Crippen LogP) is 1.99. The van der Waals surface area contributed by atoms with Gasteiger partial charge in [0.25, 0.3) is 0 Å². The Labute approximate surface area is 121 Å². The Bertz CT molecular complexity index is 603. The topological polar surface area (TPSA) is 66.4 Å².